The minimum Gasteiger partial charge on any atom is -0.467 e. The van der Waals surface area contributed by atoms with Crippen LogP contribution >= 0.6 is 0 Å². The number of benzene rings is 1. The number of nitrogens with zero attached hydrogens (tertiary/aromatic N) is 1. The minimum atomic E-state index is -0.682. The third-order valence-electron chi connectivity index (χ3n) is 3.63. The molecule has 1 fully saturated rings. The molecular formula is C17H21NO5. The SMILES string of the molecule is C=CCOC1C[C@@H](C(=O)OC)N(C(=O)OCc2ccccc2)C1. The first kappa shape index (κ1) is 17.0. The van der Waals surface area contributed by atoms with Gasteiger partial charge in [0.25, 0.3) is 0 Å². The van der Waals surface area contributed by atoms with Crippen molar-refractivity contribution < 1.29 is 23.8 Å². The van der Waals surface area contributed by atoms with E-state index in [0.29, 0.717) is 19.6 Å². The topological polar surface area (TPSA) is 65.1 Å². The van der Waals surface area contributed by atoms with Gasteiger partial charge in [0.1, 0.15) is 12.6 Å². The number of carbonyl (C=O) groups excluding carboxylic acids is 2. The normalized spacial score (nSPS) is 20.1. The highest BCUT2D eigenvalue weighted by atomic mass is 16.6. The highest BCUT2D eigenvalue weighted by Gasteiger charge is 2.41. The quantitative estimate of drug-likeness (QED) is 0.594. The Morgan fingerprint density at radius 1 is 1.35 bits per heavy atom. The molecule has 1 aliphatic heterocycles. The number of rotatable bonds is 6. The van der Waals surface area contributed by atoms with Crippen molar-refractivity contribution in [2.75, 3.05) is 20.3 Å². The monoisotopic (exact) mass is 319 g/mol. The molecule has 1 aromatic rings. The summed E-state index contributed by atoms with van der Waals surface area (Å²) in [5.41, 5.74) is 0.883. The second kappa shape index (κ2) is 8.33. The molecule has 1 aliphatic rings. The number of hydrogen-bond acceptors (Lipinski definition) is 5. The lowest BCUT2D eigenvalue weighted by atomic mass is 10.2. The maximum atomic E-state index is 12.3. The van der Waals surface area contributed by atoms with Crippen molar-refractivity contribution >= 4 is 12.1 Å². The van der Waals surface area contributed by atoms with E-state index in [4.69, 9.17) is 14.2 Å². The molecule has 0 spiro atoms. The number of amides is 1. The first-order valence-corrected chi connectivity index (χ1v) is 7.43. The van der Waals surface area contributed by atoms with Crippen molar-refractivity contribution in [3.05, 3.63) is 48.6 Å². The molecule has 0 aliphatic carbocycles. The van der Waals surface area contributed by atoms with Gasteiger partial charge in [-0.05, 0) is 5.56 Å². The van der Waals surface area contributed by atoms with E-state index in [1.165, 1.54) is 12.0 Å². The van der Waals surface area contributed by atoms with Gasteiger partial charge in [-0.15, -0.1) is 6.58 Å². The smallest absolute Gasteiger partial charge is 0.410 e. The van der Waals surface area contributed by atoms with Gasteiger partial charge in [0.2, 0.25) is 0 Å². The summed E-state index contributed by atoms with van der Waals surface area (Å²) in [7, 11) is 1.30. The maximum Gasteiger partial charge on any atom is 0.410 e. The van der Waals surface area contributed by atoms with Crippen LogP contribution in [-0.4, -0.2) is 49.4 Å². The van der Waals surface area contributed by atoms with E-state index in [0.717, 1.165) is 5.56 Å². The molecule has 0 saturated carbocycles. The second-order valence-corrected chi connectivity index (χ2v) is 5.21. The lowest BCUT2D eigenvalue weighted by Crippen LogP contribution is -2.41. The van der Waals surface area contributed by atoms with Crippen LogP contribution in [0.3, 0.4) is 0 Å². The molecule has 1 unspecified atom stereocenters. The van der Waals surface area contributed by atoms with Crippen LogP contribution in [0.1, 0.15) is 12.0 Å². The van der Waals surface area contributed by atoms with Crippen LogP contribution in [0.2, 0.25) is 0 Å². The van der Waals surface area contributed by atoms with Gasteiger partial charge in [-0.3, -0.25) is 4.90 Å². The van der Waals surface area contributed by atoms with Gasteiger partial charge in [0, 0.05) is 6.42 Å². The Bertz CT molecular complexity index is 545. The maximum absolute atomic E-state index is 12.3. The zero-order chi connectivity index (χ0) is 16.7. The van der Waals surface area contributed by atoms with Gasteiger partial charge >= 0.3 is 12.1 Å². The van der Waals surface area contributed by atoms with Crippen molar-refractivity contribution in [1.29, 1.82) is 0 Å². The molecule has 124 valence electrons. The van der Waals surface area contributed by atoms with Gasteiger partial charge in [-0.25, -0.2) is 9.59 Å². The van der Waals surface area contributed by atoms with Gasteiger partial charge in [0.15, 0.2) is 0 Å². The molecule has 1 saturated heterocycles. The third kappa shape index (κ3) is 4.56. The summed E-state index contributed by atoms with van der Waals surface area (Å²) >= 11 is 0. The standard InChI is InChI=1S/C17H21NO5/c1-3-9-22-14-10-15(16(19)21-2)18(11-14)17(20)23-12-13-7-5-4-6-8-13/h3-8,14-15H,1,9-12H2,2H3/t14?,15-/m0/s1. The highest BCUT2D eigenvalue weighted by Crippen LogP contribution is 2.23. The van der Waals surface area contributed by atoms with Crippen molar-refractivity contribution in [2.45, 2.75) is 25.2 Å². The molecule has 1 amide bonds. The van der Waals surface area contributed by atoms with E-state index >= 15 is 0 Å². The summed E-state index contributed by atoms with van der Waals surface area (Å²) in [6, 6.07) is 8.68. The molecule has 0 N–H and O–H groups in total. The van der Waals surface area contributed by atoms with Gasteiger partial charge in [-0.1, -0.05) is 36.4 Å². The summed E-state index contributed by atoms with van der Waals surface area (Å²) in [5, 5.41) is 0. The van der Waals surface area contributed by atoms with Crippen molar-refractivity contribution in [3.63, 3.8) is 0 Å². The fourth-order valence-corrected chi connectivity index (χ4v) is 2.49. The van der Waals surface area contributed by atoms with E-state index < -0.39 is 18.1 Å². The Balaban J connectivity index is 1.97. The van der Waals surface area contributed by atoms with Crippen LogP contribution in [0.25, 0.3) is 0 Å². The van der Waals surface area contributed by atoms with Crippen molar-refractivity contribution in [1.82, 2.24) is 4.90 Å². The number of ether oxygens (including phenoxy) is 3. The molecule has 6 heteroatoms. The van der Waals surface area contributed by atoms with Gasteiger partial charge in [-0.2, -0.15) is 0 Å². The van der Waals surface area contributed by atoms with E-state index in [2.05, 4.69) is 6.58 Å². The zero-order valence-corrected chi connectivity index (χ0v) is 13.1. The van der Waals surface area contributed by atoms with Crippen LogP contribution in [0, 0.1) is 0 Å². The van der Waals surface area contributed by atoms with Crippen LogP contribution in [0.15, 0.2) is 43.0 Å². The Morgan fingerprint density at radius 3 is 2.74 bits per heavy atom. The van der Waals surface area contributed by atoms with Gasteiger partial charge < -0.3 is 14.2 Å². The predicted octanol–water partition coefficient (Wildman–Crippen LogP) is 2.14. The molecule has 0 bridgehead atoms. The first-order valence-electron chi connectivity index (χ1n) is 7.43. The number of likely N-dealkylation sites (tertiary alicyclic amines) is 1. The van der Waals surface area contributed by atoms with Crippen LogP contribution in [-0.2, 0) is 25.6 Å². The number of carbonyl (C=O) groups is 2. The fraction of sp³-hybridized carbons (Fsp3) is 0.412. The Morgan fingerprint density at radius 2 is 2.09 bits per heavy atom. The molecule has 2 rings (SSSR count). The lowest BCUT2D eigenvalue weighted by Gasteiger charge is -2.21. The van der Waals surface area contributed by atoms with Gasteiger partial charge in [0.05, 0.1) is 26.4 Å². The molecule has 0 radical (unpaired) electrons. The molecule has 23 heavy (non-hydrogen) atoms. The average Bonchev–Trinajstić information content (AvgIpc) is 3.02. The molecule has 1 aromatic carbocycles. The summed E-state index contributed by atoms with van der Waals surface area (Å²) in [6.45, 7) is 4.40. The molecule has 6 nitrogen and oxygen atoms in total. The molecule has 0 aromatic heterocycles. The van der Waals surface area contributed by atoms with Crippen molar-refractivity contribution in [2.24, 2.45) is 0 Å². The number of methoxy groups -OCH3 is 1. The summed E-state index contributed by atoms with van der Waals surface area (Å²) in [6.07, 6.45) is 1.24. The number of esters is 1. The second-order valence-electron chi connectivity index (χ2n) is 5.21. The third-order valence-corrected chi connectivity index (χ3v) is 3.63. The van der Waals surface area contributed by atoms with Crippen LogP contribution in [0.5, 0.6) is 0 Å². The highest BCUT2D eigenvalue weighted by molar-refractivity contribution is 5.82. The zero-order valence-electron chi connectivity index (χ0n) is 13.1. The molecule has 2 atom stereocenters. The summed E-state index contributed by atoms with van der Waals surface area (Å²) in [4.78, 5) is 25.5. The van der Waals surface area contributed by atoms with E-state index in [-0.39, 0.29) is 12.7 Å². The Kier molecular flexibility index (Phi) is 6.17. The van der Waals surface area contributed by atoms with Crippen LogP contribution < -0.4 is 0 Å². The lowest BCUT2D eigenvalue weighted by molar-refractivity contribution is -0.145. The van der Waals surface area contributed by atoms with Crippen LogP contribution in [0.4, 0.5) is 4.79 Å². The predicted molar refractivity (Wildman–Crippen MR) is 83.7 cm³/mol. The van der Waals surface area contributed by atoms with E-state index in [9.17, 15) is 9.59 Å². The first-order chi connectivity index (χ1) is 11.2. The summed E-state index contributed by atoms with van der Waals surface area (Å²) in [5.74, 6) is -0.466. The largest absolute Gasteiger partial charge is 0.467 e. The Labute approximate surface area is 135 Å². The number of hydrogen-bond donors (Lipinski definition) is 0. The fourth-order valence-electron chi connectivity index (χ4n) is 2.49. The molecule has 1 heterocycles. The molecular weight excluding hydrogens is 298 g/mol. The van der Waals surface area contributed by atoms with E-state index in [1.807, 2.05) is 30.3 Å². The average molecular weight is 319 g/mol. The minimum absolute atomic E-state index is 0.155. The van der Waals surface area contributed by atoms with E-state index in [1.54, 1.807) is 6.08 Å². The Hall–Kier alpha value is -2.34. The summed E-state index contributed by atoms with van der Waals surface area (Å²) < 4.78 is 15.6. The van der Waals surface area contributed by atoms with Crippen molar-refractivity contribution in [3.8, 4) is 0 Å².